The molecule has 1 aromatic carbocycles. The van der Waals surface area contributed by atoms with Crippen LogP contribution in [0, 0.1) is 5.92 Å². The van der Waals surface area contributed by atoms with Gasteiger partial charge in [-0.1, -0.05) is 35.3 Å². The summed E-state index contributed by atoms with van der Waals surface area (Å²) in [5.41, 5.74) is 0.624. The van der Waals surface area contributed by atoms with Crippen molar-refractivity contribution in [1.29, 1.82) is 0 Å². The first-order chi connectivity index (χ1) is 11.8. The normalized spacial score (nSPS) is 19.2. The zero-order chi connectivity index (χ0) is 18.6. The van der Waals surface area contributed by atoms with E-state index in [2.05, 4.69) is 0 Å². The first-order valence-corrected chi connectivity index (χ1v) is 10.2. The van der Waals surface area contributed by atoms with Gasteiger partial charge in [0.2, 0.25) is 0 Å². The van der Waals surface area contributed by atoms with Gasteiger partial charge in [0.05, 0.1) is 22.6 Å². The van der Waals surface area contributed by atoms with Gasteiger partial charge in [-0.05, 0) is 31.4 Å². The maximum absolute atomic E-state index is 12.8. The van der Waals surface area contributed by atoms with E-state index in [1.807, 2.05) is 0 Å². The highest BCUT2D eigenvalue weighted by Crippen LogP contribution is 2.28. The smallest absolute Gasteiger partial charge is 0.310 e. The van der Waals surface area contributed by atoms with Gasteiger partial charge in [0, 0.05) is 26.7 Å². The molecule has 1 atom stereocenters. The van der Waals surface area contributed by atoms with Crippen LogP contribution in [0.25, 0.3) is 0 Å². The Labute approximate surface area is 158 Å². The summed E-state index contributed by atoms with van der Waals surface area (Å²) in [5.74, 6) is -0.769. The molecule has 0 spiro atoms. The molecule has 1 saturated heterocycles. The van der Waals surface area contributed by atoms with E-state index in [0.717, 1.165) is 0 Å². The standard InChI is InChI=1S/C16H22Cl2N2O4S/c1-3-24-16(21)13-7-5-9-20(11-13)25(22,23)19(2)10-12-6-4-8-14(17)15(12)18/h4,6,8,13H,3,5,7,9-11H2,1-2H3. The van der Waals surface area contributed by atoms with Crippen LogP contribution in [0.1, 0.15) is 25.3 Å². The van der Waals surface area contributed by atoms with Crippen molar-refractivity contribution in [3.63, 3.8) is 0 Å². The van der Waals surface area contributed by atoms with Gasteiger partial charge in [-0.15, -0.1) is 0 Å². The minimum Gasteiger partial charge on any atom is -0.466 e. The van der Waals surface area contributed by atoms with Crippen LogP contribution in [0.3, 0.4) is 0 Å². The van der Waals surface area contributed by atoms with E-state index in [1.54, 1.807) is 25.1 Å². The second kappa shape index (κ2) is 8.68. The molecule has 0 aromatic heterocycles. The average molecular weight is 409 g/mol. The highest BCUT2D eigenvalue weighted by molar-refractivity contribution is 7.86. The summed E-state index contributed by atoms with van der Waals surface area (Å²) in [5, 5.41) is 0.722. The number of halogens is 2. The number of carbonyl (C=O) groups is 1. The number of carbonyl (C=O) groups excluding carboxylic acids is 1. The van der Waals surface area contributed by atoms with Crippen molar-refractivity contribution in [3.05, 3.63) is 33.8 Å². The van der Waals surface area contributed by atoms with E-state index in [9.17, 15) is 13.2 Å². The van der Waals surface area contributed by atoms with Gasteiger partial charge in [0.25, 0.3) is 10.2 Å². The Morgan fingerprint density at radius 3 is 2.80 bits per heavy atom. The zero-order valence-electron chi connectivity index (χ0n) is 14.2. The van der Waals surface area contributed by atoms with Gasteiger partial charge in [0.1, 0.15) is 0 Å². The summed E-state index contributed by atoms with van der Waals surface area (Å²) in [6.07, 6.45) is 1.25. The third kappa shape index (κ3) is 4.86. The predicted molar refractivity (Wildman–Crippen MR) is 97.8 cm³/mol. The molecule has 9 heteroatoms. The van der Waals surface area contributed by atoms with Gasteiger partial charge in [0.15, 0.2) is 0 Å². The number of esters is 1. The fourth-order valence-electron chi connectivity index (χ4n) is 2.79. The van der Waals surface area contributed by atoms with E-state index in [1.165, 1.54) is 15.7 Å². The molecule has 1 aliphatic heterocycles. The molecule has 1 fully saturated rings. The van der Waals surface area contributed by atoms with Crippen molar-refractivity contribution >= 4 is 39.4 Å². The Balaban J connectivity index is 2.11. The van der Waals surface area contributed by atoms with Crippen LogP contribution in [-0.4, -0.2) is 49.7 Å². The first kappa shape index (κ1) is 20.5. The van der Waals surface area contributed by atoms with E-state index >= 15 is 0 Å². The summed E-state index contributed by atoms with van der Waals surface area (Å²) in [6, 6.07) is 5.11. The summed E-state index contributed by atoms with van der Waals surface area (Å²) in [4.78, 5) is 11.9. The number of ether oxygens (including phenoxy) is 1. The summed E-state index contributed by atoms with van der Waals surface area (Å²) in [6.45, 7) is 2.63. The summed E-state index contributed by atoms with van der Waals surface area (Å²) in [7, 11) is -2.23. The van der Waals surface area contributed by atoms with Gasteiger partial charge >= 0.3 is 5.97 Å². The molecule has 0 aliphatic carbocycles. The van der Waals surface area contributed by atoms with E-state index in [4.69, 9.17) is 27.9 Å². The average Bonchev–Trinajstić information content (AvgIpc) is 2.59. The van der Waals surface area contributed by atoms with Crippen molar-refractivity contribution in [1.82, 2.24) is 8.61 Å². The molecule has 2 rings (SSSR count). The Bertz CT molecular complexity index is 727. The number of benzene rings is 1. The second-order valence-corrected chi connectivity index (χ2v) is 8.75. The fraction of sp³-hybridized carbons (Fsp3) is 0.562. The molecular formula is C16H22Cl2N2O4S. The third-order valence-electron chi connectivity index (χ3n) is 4.15. The predicted octanol–water partition coefficient (Wildman–Crippen LogP) is 2.95. The van der Waals surface area contributed by atoms with Crippen LogP contribution in [0.4, 0.5) is 0 Å². The maximum Gasteiger partial charge on any atom is 0.310 e. The molecule has 1 aliphatic rings. The molecular weight excluding hydrogens is 387 g/mol. The molecule has 6 nitrogen and oxygen atoms in total. The molecule has 0 amide bonds. The lowest BCUT2D eigenvalue weighted by Gasteiger charge is -2.33. The molecule has 25 heavy (non-hydrogen) atoms. The highest BCUT2D eigenvalue weighted by atomic mass is 35.5. The zero-order valence-corrected chi connectivity index (χ0v) is 16.6. The maximum atomic E-state index is 12.8. The van der Waals surface area contributed by atoms with Gasteiger partial charge < -0.3 is 4.74 Å². The second-order valence-electron chi connectivity index (χ2n) is 5.93. The van der Waals surface area contributed by atoms with E-state index in [0.29, 0.717) is 35.0 Å². The lowest BCUT2D eigenvalue weighted by atomic mass is 10.0. The van der Waals surface area contributed by atoms with Gasteiger partial charge in [-0.3, -0.25) is 4.79 Å². The minimum atomic E-state index is -3.71. The van der Waals surface area contributed by atoms with Gasteiger partial charge in [-0.2, -0.15) is 17.0 Å². The molecule has 0 bridgehead atoms. The Hall–Kier alpha value is -0.860. The quantitative estimate of drug-likeness (QED) is 0.678. The molecule has 1 heterocycles. The fourth-order valence-corrected chi connectivity index (χ4v) is 4.60. The largest absolute Gasteiger partial charge is 0.466 e. The van der Waals surface area contributed by atoms with E-state index < -0.39 is 16.1 Å². The van der Waals surface area contributed by atoms with Crippen molar-refractivity contribution in [2.75, 3.05) is 26.7 Å². The number of piperidine rings is 1. The molecule has 140 valence electrons. The van der Waals surface area contributed by atoms with Crippen molar-refractivity contribution in [3.8, 4) is 0 Å². The van der Waals surface area contributed by atoms with Crippen molar-refractivity contribution in [2.24, 2.45) is 5.92 Å². The molecule has 0 saturated carbocycles. The van der Waals surface area contributed by atoms with Gasteiger partial charge in [-0.25, -0.2) is 0 Å². The summed E-state index contributed by atoms with van der Waals surface area (Å²) >= 11 is 12.1. The van der Waals surface area contributed by atoms with Crippen LogP contribution in [0.5, 0.6) is 0 Å². The third-order valence-corrected chi connectivity index (χ3v) is 6.91. The van der Waals surface area contributed by atoms with E-state index in [-0.39, 0.29) is 25.7 Å². The van der Waals surface area contributed by atoms with Crippen LogP contribution in [0.2, 0.25) is 10.0 Å². The summed E-state index contributed by atoms with van der Waals surface area (Å²) < 4.78 is 33.2. The van der Waals surface area contributed by atoms with Crippen molar-refractivity contribution < 1.29 is 17.9 Å². The SMILES string of the molecule is CCOC(=O)C1CCCN(S(=O)(=O)N(C)Cc2cccc(Cl)c2Cl)C1. The Morgan fingerprint density at radius 1 is 1.40 bits per heavy atom. The van der Waals surface area contributed by atoms with Crippen molar-refractivity contribution in [2.45, 2.75) is 26.3 Å². The lowest BCUT2D eigenvalue weighted by Crippen LogP contribution is -2.48. The molecule has 1 unspecified atom stereocenters. The lowest BCUT2D eigenvalue weighted by molar-refractivity contribution is -0.149. The van der Waals surface area contributed by atoms with Crippen LogP contribution < -0.4 is 0 Å². The molecule has 0 radical (unpaired) electrons. The number of rotatable bonds is 6. The minimum absolute atomic E-state index is 0.0995. The number of hydrogen-bond acceptors (Lipinski definition) is 4. The molecule has 0 N–H and O–H groups in total. The monoisotopic (exact) mass is 408 g/mol. The number of nitrogens with zero attached hydrogens (tertiary/aromatic N) is 2. The molecule has 1 aromatic rings. The van der Waals surface area contributed by atoms with Crippen LogP contribution >= 0.6 is 23.2 Å². The number of hydrogen-bond donors (Lipinski definition) is 0. The van der Waals surface area contributed by atoms with Crippen LogP contribution in [0.15, 0.2) is 18.2 Å². The first-order valence-electron chi connectivity index (χ1n) is 8.08. The van der Waals surface area contributed by atoms with Crippen LogP contribution in [-0.2, 0) is 26.3 Å². The Kier molecular flexibility index (Phi) is 7.10. The Morgan fingerprint density at radius 2 is 2.12 bits per heavy atom. The topological polar surface area (TPSA) is 66.9 Å². The highest BCUT2D eigenvalue weighted by Gasteiger charge is 2.35.